The van der Waals surface area contributed by atoms with E-state index in [-0.39, 0.29) is 12.3 Å². The van der Waals surface area contributed by atoms with E-state index in [0.29, 0.717) is 23.8 Å². The first-order valence-electron chi connectivity index (χ1n) is 7.39. The lowest BCUT2D eigenvalue weighted by Gasteiger charge is -2.13. The molecule has 1 aromatic rings. The van der Waals surface area contributed by atoms with Gasteiger partial charge in [0.2, 0.25) is 0 Å². The molecule has 0 spiro atoms. The molecule has 1 aromatic heterocycles. The van der Waals surface area contributed by atoms with Crippen LogP contribution in [0.1, 0.15) is 61.3 Å². The molecule has 0 saturated heterocycles. The molecule has 0 fully saturated rings. The zero-order valence-electron chi connectivity index (χ0n) is 12.6. The number of amides is 1. The summed E-state index contributed by atoms with van der Waals surface area (Å²) >= 11 is 1.13. The van der Waals surface area contributed by atoms with E-state index in [2.05, 4.69) is 14.9 Å². The number of nitrogens with one attached hydrogen (secondary N) is 1. The SMILES string of the molecule is CCCc1nnsc1C(=O)NCCC(CC)CCC(=O)O. The van der Waals surface area contributed by atoms with Crippen molar-refractivity contribution in [3.05, 3.63) is 10.6 Å². The van der Waals surface area contributed by atoms with Crippen molar-refractivity contribution in [2.45, 2.75) is 52.4 Å². The molecule has 0 saturated carbocycles. The zero-order chi connectivity index (χ0) is 15.7. The Morgan fingerprint density at radius 1 is 1.33 bits per heavy atom. The molecule has 1 heterocycles. The fourth-order valence-electron chi connectivity index (χ4n) is 2.13. The van der Waals surface area contributed by atoms with Gasteiger partial charge in [0.25, 0.3) is 5.91 Å². The summed E-state index contributed by atoms with van der Waals surface area (Å²) in [7, 11) is 0. The largest absolute Gasteiger partial charge is 0.481 e. The van der Waals surface area contributed by atoms with Gasteiger partial charge in [-0.3, -0.25) is 9.59 Å². The second kappa shape index (κ2) is 9.44. The summed E-state index contributed by atoms with van der Waals surface area (Å²) in [5.41, 5.74) is 0.762. The number of hydrogen-bond donors (Lipinski definition) is 2. The zero-order valence-corrected chi connectivity index (χ0v) is 13.4. The van der Waals surface area contributed by atoms with Crippen molar-refractivity contribution in [3.8, 4) is 0 Å². The Morgan fingerprint density at radius 2 is 2.10 bits per heavy atom. The van der Waals surface area contributed by atoms with Crippen LogP contribution >= 0.6 is 11.5 Å². The van der Waals surface area contributed by atoms with Crippen molar-refractivity contribution in [2.24, 2.45) is 5.92 Å². The molecule has 21 heavy (non-hydrogen) atoms. The van der Waals surface area contributed by atoms with Crippen LogP contribution in [0, 0.1) is 5.92 Å². The lowest BCUT2D eigenvalue weighted by Crippen LogP contribution is -2.26. The molecule has 1 atom stereocenters. The van der Waals surface area contributed by atoms with Gasteiger partial charge in [0, 0.05) is 13.0 Å². The number of aliphatic carboxylic acids is 1. The second-order valence-corrected chi connectivity index (χ2v) is 5.80. The van der Waals surface area contributed by atoms with Crippen molar-refractivity contribution >= 4 is 23.4 Å². The molecule has 0 aliphatic heterocycles. The lowest BCUT2D eigenvalue weighted by molar-refractivity contribution is -0.137. The highest BCUT2D eigenvalue weighted by Gasteiger charge is 2.16. The first kappa shape index (κ1) is 17.6. The van der Waals surface area contributed by atoms with Gasteiger partial charge in [-0.25, -0.2) is 0 Å². The molecule has 1 unspecified atom stereocenters. The van der Waals surface area contributed by atoms with Gasteiger partial charge in [0.15, 0.2) is 0 Å². The third-order valence-electron chi connectivity index (χ3n) is 3.43. The molecule has 2 N–H and O–H groups in total. The fourth-order valence-corrected chi connectivity index (χ4v) is 2.76. The van der Waals surface area contributed by atoms with E-state index in [1.54, 1.807) is 0 Å². The van der Waals surface area contributed by atoms with E-state index in [9.17, 15) is 9.59 Å². The van der Waals surface area contributed by atoms with Crippen LogP contribution in [0.25, 0.3) is 0 Å². The number of rotatable bonds is 10. The van der Waals surface area contributed by atoms with Gasteiger partial charge < -0.3 is 10.4 Å². The van der Waals surface area contributed by atoms with Crippen molar-refractivity contribution in [2.75, 3.05) is 6.54 Å². The summed E-state index contributed by atoms with van der Waals surface area (Å²) in [5, 5.41) is 15.6. The van der Waals surface area contributed by atoms with Crippen LogP contribution in [-0.4, -0.2) is 33.1 Å². The molecule has 0 aromatic carbocycles. The standard InChI is InChI=1S/C14H23N3O3S/c1-3-5-11-13(21-17-16-11)14(20)15-9-8-10(4-2)6-7-12(18)19/h10H,3-9H2,1-2H3,(H,15,20)(H,18,19). The van der Waals surface area contributed by atoms with Gasteiger partial charge in [-0.15, -0.1) is 5.10 Å². The summed E-state index contributed by atoms with van der Waals surface area (Å²) in [5.74, 6) is -0.560. The Labute approximate surface area is 129 Å². The first-order valence-corrected chi connectivity index (χ1v) is 8.17. The summed E-state index contributed by atoms with van der Waals surface area (Å²) in [6.07, 6.45) is 4.25. The number of carboxylic acid groups (broad SMARTS) is 1. The minimum absolute atomic E-state index is 0.124. The monoisotopic (exact) mass is 313 g/mol. The van der Waals surface area contributed by atoms with E-state index in [1.807, 2.05) is 13.8 Å². The third-order valence-corrected chi connectivity index (χ3v) is 4.20. The summed E-state index contributed by atoms with van der Waals surface area (Å²) in [4.78, 5) is 23.2. The Hall–Kier alpha value is -1.50. The molecule has 1 rings (SSSR count). The van der Waals surface area contributed by atoms with Crippen molar-refractivity contribution in [1.29, 1.82) is 0 Å². The van der Waals surface area contributed by atoms with Gasteiger partial charge in [-0.2, -0.15) is 0 Å². The maximum absolute atomic E-state index is 12.1. The Kier molecular flexibility index (Phi) is 7.89. The molecule has 0 bridgehead atoms. The fraction of sp³-hybridized carbons (Fsp3) is 0.714. The average Bonchev–Trinajstić information content (AvgIpc) is 2.91. The van der Waals surface area contributed by atoms with E-state index < -0.39 is 5.97 Å². The lowest BCUT2D eigenvalue weighted by atomic mass is 9.96. The Balaban J connectivity index is 2.38. The van der Waals surface area contributed by atoms with E-state index in [1.165, 1.54) is 0 Å². The van der Waals surface area contributed by atoms with E-state index >= 15 is 0 Å². The predicted molar refractivity (Wildman–Crippen MR) is 81.5 cm³/mol. The van der Waals surface area contributed by atoms with Crippen LogP contribution < -0.4 is 5.32 Å². The molecular formula is C14H23N3O3S. The summed E-state index contributed by atoms with van der Waals surface area (Å²) < 4.78 is 3.84. The maximum Gasteiger partial charge on any atom is 0.303 e. The maximum atomic E-state index is 12.1. The highest BCUT2D eigenvalue weighted by molar-refractivity contribution is 7.08. The first-order chi connectivity index (χ1) is 10.1. The van der Waals surface area contributed by atoms with Gasteiger partial charge in [0.05, 0.1) is 5.69 Å². The van der Waals surface area contributed by atoms with Gasteiger partial charge in [-0.1, -0.05) is 31.2 Å². The third kappa shape index (κ3) is 6.20. The molecule has 118 valence electrons. The number of carbonyl (C=O) groups excluding carboxylic acids is 1. The predicted octanol–water partition coefficient (Wildman–Crippen LogP) is 2.50. The molecule has 7 heteroatoms. The minimum atomic E-state index is -0.766. The summed E-state index contributed by atoms with van der Waals surface area (Å²) in [6, 6.07) is 0. The van der Waals surface area contributed by atoms with E-state index in [0.717, 1.165) is 42.9 Å². The van der Waals surface area contributed by atoms with Crippen LogP contribution in [0.4, 0.5) is 0 Å². The van der Waals surface area contributed by atoms with Crippen LogP contribution in [0.5, 0.6) is 0 Å². The molecule has 6 nitrogen and oxygen atoms in total. The molecule has 1 amide bonds. The Morgan fingerprint density at radius 3 is 2.71 bits per heavy atom. The quantitative estimate of drug-likeness (QED) is 0.692. The second-order valence-electron chi connectivity index (χ2n) is 5.05. The smallest absolute Gasteiger partial charge is 0.303 e. The van der Waals surface area contributed by atoms with E-state index in [4.69, 9.17) is 5.11 Å². The van der Waals surface area contributed by atoms with Crippen LogP contribution in [0.3, 0.4) is 0 Å². The number of carbonyl (C=O) groups is 2. The number of nitrogens with zero attached hydrogens (tertiary/aromatic N) is 2. The Bertz CT molecular complexity index is 462. The molecule has 0 aliphatic carbocycles. The van der Waals surface area contributed by atoms with Crippen molar-refractivity contribution in [1.82, 2.24) is 14.9 Å². The van der Waals surface area contributed by atoms with Crippen molar-refractivity contribution < 1.29 is 14.7 Å². The molecule has 0 radical (unpaired) electrons. The van der Waals surface area contributed by atoms with Gasteiger partial charge in [0.1, 0.15) is 4.88 Å². The van der Waals surface area contributed by atoms with Crippen LogP contribution in [0.15, 0.2) is 0 Å². The van der Waals surface area contributed by atoms with Crippen molar-refractivity contribution in [3.63, 3.8) is 0 Å². The van der Waals surface area contributed by atoms with Gasteiger partial charge in [-0.05, 0) is 36.7 Å². The van der Waals surface area contributed by atoms with Crippen LogP contribution in [0.2, 0.25) is 0 Å². The number of carboxylic acids is 1. The highest BCUT2D eigenvalue weighted by atomic mass is 32.1. The number of aromatic nitrogens is 2. The topological polar surface area (TPSA) is 92.2 Å². The molecule has 0 aliphatic rings. The average molecular weight is 313 g/mol. The number of aryl methyl sites for hydroxylation is 1. The minimum Gasteiger partial charge on any atom is -0.481 e. The number of hydrogen-bond acceptors (Lipinski definition) is 5. The normalized spacial score (nSPS) is 12.1. The highest BCUT2D eigenvalue weighted by Crippen LogP contribution is 2.16. The molecular weight excluding hydrogens is 290 g/mol. The van der Waals surface area contributed by atoms with Gasteiger partial charge >= 0.3 is 5.97 Å². The van der Waals surface area contributed by atoms with Crippen LogP contribution in [-0.2, 0) is 11.2 Å². The summed E-state index contributed by atoms with van der Waals surface area (Å²) in [6.45, 7) is 4.64.